The molecular formula is C11H13BrO3. The van der Waals surface area contributed by atoms with E-state index in [4.69, 9.17) is 9.47 Å². The van der Waals surface area contributed by atoms with Crippen LogP contribution in [0.15, 0.2) is 16.6 Å². The van der Waals surface area contributed by atoms with Crippen LogP contribution >= 0.6 is 15.9 Å². The van der Waals surface area contributed by atoms with Gasteiger partial charge in [-0.15, -0.1) is 0 Å². The summed E-state index contributed by atoms with van der Waals surface area (Å²) < 4.78 is 11.2. The van der Waals surface area contributed by atoms with Gasteiger partial charge >= 0.3 is 0 Å². The summed E-state index contributed by atoms with van der Waals surface area (Å²) in [5.41, 5.74) is 0.137. The molecule has 4 heteroatoms. The Morgan fingerprint density at radius 3 is 2.40 bits per heavy atom. The smallest absolute Gasteiger partial charge is 0.142 e. The van der Waals surface area contributed by atoms with E-state index in [-0.39, 0.29) is 0 Å². The van der Waals surface area contributed by atoms with Crippen LogP contribution in [0.3, 0.4) is 0 Å². The fraction of sp³-hybridized carbons (Fsp3) is 0.455. The molecule has 0 aliphatic heterocycles. The van der Waals surface area contributed by atoms with Gasteiger partial charge in [0.05, 0.1) is 19.8 Å². The molecule has 0 unspecified atom stereocenters. The van der Waals surface area contributed by atoms with Crippen LogP contribution in [0.1, 0.15) is 18.4 Å². The zero-order valence-corrected chi connectivity index (χ0v) is 10.3. The van der Waals surface area contributed by atoms with Gasteiger partial charge in [0.25, 0.3) is 0 Å². The van der Waals surface area contributed by atoms with Gasteiger partial charge in [-0.3, -0.25) is 0 Å². The predicted octanol–water partition coefficient (Wildman–Crippen LogP) is 2.45. The molecule has 1 saturated carbocycles. The van der Waals surface area contributed by atoms with E-state index in [0.29, 0.717) is 11.5 Å². The Hall–Kier alpha value is -0.740. The van der Waals surface area contributed by atoms with Crippen molar-refractivity contribution in [2.75, 3.05) is 14.2 Å². The highest BCUT2D eigenvalue weighted by molar-refractivity contribution is 9.10. The third-order valence-electron chi connectivity index (χ3n) is 2.71. The van der Waals surface area contributed by atoms with E-state index in [1.54, 1.807) is 14.2 Å². The molecule has 0 amide bonds. The summed E-state index contributed by atoms with van der Waals surface area (Å²) in [5.74, 6) is 1.37. The number of halogens is 1. The Morgan fingerprint density at radius 1 is 1.27 bits per heavy atom. The number of benzene rings is 1. The second-order valence-electron chi connectivity index (χ2n) is 3.69. The lowest BCUT2D eigenvalue weighted by molar-refractivity contribution is 0.147. The van der Waals surface area contributed by atoms with E-state index in [2.05, 4.69) is 15.9 Å². The van der Waals surface area contributed by atoms with Crippen molar-refractivity contribution < 1.29 is 14.6 Å². The van der Waals surface area contributed by atoms with Crippen LogP contribution in [-0.2, 0) is 5.60 Å². The van der Waals surface area contributed by atoms with Gasteiger partial charge in [-0.05, 0) is 40.9 Å². The van der Waals surface area contributed by atoms with Crippen molar-refractivity contribution in [3.05, 3.63) is 22.2 Å². The van der Waals surface area contributed by atoms with Gasteiger partial charge in [-0.25, -0.2) is 0 Å². The average Bonchev–Trinajstić information content (AvgIpc) is 2.97. The average molecular weight is 273 g/mol. The lowest BCUT2D eigenvalue weighted by Crippen LogP contribution is -2.07. The van der Waals surface area contributed by atoms with E-state index in [1.807, 2.05) is 12.1 Å². The van der Waals surface area contributed by atoms with Gasteiger partial charge in [0.2, 0.25) is 0 Å². The summed E-state index contributed by atoms with van der Waals surface area (Å²) in [6.07, 6.45) is 1.59. The predicted molar refractivity (Wildman–Crippen MR) is 60.4 cm³/mol. The van der Waals surface area contributed by atoms with Crippen molar-refractivity contribution in [2.45, 2.75) is 18.4 Å². The lowest BCUT2D eigenvalue weighted by atomic mass is 10.1. The van der Waals surface area contributed by atoms with Gasteiger partial charge < -0.3 is 14.6 Å². The molecule has 1 aliphatic carbocycles. The van der Waals surface area contributed by atoms with Gasteiger partial charge in [0.15, 0.2) is 0 Å². The first-order chi connectivity index (χ1) is 7.12. The Kier molecular flexibility index (Phi) is 2.64. The highest BCUT2D eigenvalue weighted by Gasteiger charge is 2.44. The topological polar surface area (TPSA) is 38.7 Å². The molecule has 0 bridgehead atoms. The first-order valence-electron chi connectivity index (χ1n) is 4.76. The fourth-order valence-electron chi connectivity index (χ4n) is 1.65. The summed E-state index contributed by atoms with van der Waals surface area (Å²) in [5, 5.41) is 10.1. The summed E-state index contributed by atoms with van der Waals surface area (Å²) in [7, 11) is 3.19. The quantitative estimate of drug-likeness (QED) is 0.919. The zero-order chi connectivity index (χ0) is 11.1. The molecule has 0 aromatic heterocycles. The van der Waals surface area contributed by atoms with Gasteiger partial charge in [-0.2, -0.15) is 0 Å². The van der Waals surface area contributed by atoms with Crippen LogP contribution in [0, 0.1) is 0 Å². The van der Waals surface area contributed by atoms with Crippen LogP contribution in [0.2, 0.25) is 0 Å². The van der Waals surface area contributed by atoms with Crippen LogP contribution in [-0.4, -0.2) is 19.3 Å². The van der Waals surface area contributed by atoms with E-state index in [1.165, 1.54) is 0 Å². The van der Waals surface area contributed by atoms with Crippen molar-refractivity contribution in [1.29, 1.82) is 0 Å². The van der Waals surface area contributed by atoms with Crippen molar-refractivity contribution in [3.63, 3.8) is 0 Å². The van der Waals surface area contributed by atoms with Crippen molar-refractivity contribution in [1.82, 2.24) is 0 Å². The Bertz CT molecular complexity index is 386. The second-order valence-corrected chi connectivity index (χ2v) is 4.49. The number of methoxy groups -OCH3 is 2. The molecule has 1 aliphatic rings. The third-order valence-corrected chi connectivity index (χ3v) is 3.46. The SMILES string of the molecule is COc1ccc(C2(O)CC2)c(OC)c1Br. The molecule has 0 saturated heterocycles. The highest BCUT2D eigenvalue weighted by Crippen LogP contribution is 2.51. The van der Waals surface area contributed by atoms with Crippen molar-refractivity contribution >= 4 is 15.9 Å². The van der Waals surface area contributed by atoms with E-state index < -0.39 is 5.60 Å². The lowest BCUT2D eigenvalue weighted by Gasteiger charge is -2.16. The molecule has 15 heavy (non-hydrogen) atoms. The largest absolute Gasteiger partial charge is 0.495 e. The van der Waals surface area contributed by atoms with Gasteiger partial charge in [0, 0.05) is 5.56 Å². The summed E-state index contributed by atoms with van der Waals surface area (Å²) in [6, 6.07) is 3.69. The van der Waals surface area contributed by atoms with Crippen LogP contribution in [0.4, 0.5) is 0 Å². The van der Waals surface area contributed by atoms with Crippen LogP contribution < -0.4 is 9.47 Å². The maximum atomic E-state index is 10.1. The minimum Gasteiger partial charge on any atom is -0.495 e. The van der Waals surface area contributed by atoms with Crippen molar-refractivity contribution in [2.24, 2.45) is 0 Å². The first-order valence-corrected chi connectivity index (χ1v) is 5.55. The molecular weight excluding hydrogens is 260 g/mol. The molecule has 0 spiro atoms. The van der Waals surface area contributed by atoms with E-state index in [9.17, 15) is 5.11 Å². The standard InChI is InChI=1S/C11H13BrO3/c1-14-8-4-3-7(11(13)5-6-11)10(15-2)9(8)12/h3-4,13H,5-6H2,1-2H3. The molecule has 2 rings (SSSR count). The van der Waals surface area contributed by atoms with Crippen molar-refractivity contribution in [3.8, 4) is 11.5 Å². The Labute approximate surface area is 97.1 Å². The van der Waals surface area contributed by atoms with Crippen LogP contribution in [0.25, 0.3) is 0 Å². The van der Waals surface area contributed by atoms with Crippen LogP contribution in [0.5, 0.6) is 11.5 Å². The molecule has 0 heterocycles. The minimum absolute atomic E-state index is 0.661. The monoisotopic (exact) mass is 272 g/mol. The second kappa shape index (κ2) is 3.68. The molecule has 1 N–H and O–H groups in total. The van der Waals surface area contributed by atoms with E-state index in [0.717, 1.165) is 22.9 Å². The highest BCUT2D eigenvalue weighted by atomic mass is 79.9. The summed E-state index contributed by atoms with van der Waals surface area (Å²) in [4.78, 5) is 0. The molecule has 3 nitrogen and oxygen atoms in total. The zero-order valence-electron chi connectivity index (χ0n) is 8.71. The number of hydrogen-bond donors (Lipinski definition) is 1. The molecule has 82 valence electrons. The Morgan fingerprint density at radius 2 is 1.93 bits per heavy atom. The fourth-order valence-corrected chi connectivity index (χ4v) is 2.32. The minimum atomic E-state index is -0.694. The van der Waals surface area contributed by atoms with Gasteiger partial charge in [0.1, 0.15) is 16.0 Å². The summed E-state index contributed by atoms with van der Waals surface area (Å²) in [6.45, 7) is 0. The number of ether oxygens (including phenoxy) is 2. The maximum absolute atomic E-state index is 10.1. The molecule has 1 aromatic rings. The normalized spacial score (nSPS) is 17.3. The molecule has 0 radical (unpaired) electrons. The number of aliphatic hydroxyl groups is 1. The third kappa shape index (κ3) is 1.72. The summed E-state index contributed by atoms with van der Waals surface area (Å²) >= 11 is 3.41. The molecule has 1 fully saturated rings. The Balaban J connectivity index is 2.52. The van der Waals surface area contributed by atoms with E-state index >= 15 is 0 Å². The first kappa shape index (κ1) is 10.8. The molecule has 1 aromatic carbocycles. The maximum Gasteiger partial charge on any atom is 0.142 e. The number of hydrogen-bond acceptors (Lipinski definition) is 3. The number of rotatable bonds is 3. The van der Waals surface area contributed by atoms with Gasteiger partial charge in [-0.1, -0.05) is 0 Å². The molecule has 0 atom stereocenters.